The molecule has 1 aliphatic rings. The number of carbonyl (C=O) groups is 2. The molecule has 1 atom stereocenters. The van der Waals surface area contributed by atoms with Crippen molar-refractivity contribution in [1.82, 2.24) is 14.7 Å². The van der Waals surface area contributed by atoms with E-state index in [1.807, 2.05) is 23.9 Å². The SMILES string of the molecule is C=CCN(CC=C)C(=O)[C@@H]1CCC(=O)N(CCN(C)C)C1. The van der Waals surface area contributed by atoms with Gasteiger partial charge in [0.05, 0.1) is 5.92 Å². The van der Waals surface area contributed by atoms with Crippen molar-refractivity contribution in [3.05, 3.63) is 25.3 Å². The summed E-state index contributed by atoms with van der Waals surface area (Å²) in [5.74, 6) is 0.141. The Hall–Kier alpha value is -1.62. The summed E-state index contributed by atoms with van der Waals surface area (Å²) < 4.78 is 0. The maximum absolute atomic E-state index is 12.6. The van der Waals surface area contributed by atoms with Crippen LogP contribution in [0.1, 0.15) is 12.8 Å². The van der Waals surface area contributed by atoms with Crippen molar-refractivity contribution < 1.29 is 9.59 Å². The van der Waals surface area contributed by atoms with Crippen molar-refractivity contribution in [2.45, 2.75) is 12.8 Å². The minimum absolute atomic E-state index is 0.0946. The van der Waals surface area contributed by atoms with Gasteiger partial charge in [-0.2, -0.15) is 0 Å². The third kappa shape index (κ3) is 5.34. The average molecular weight is 293 g/mol. The summed E-state index contributed by atoms with van der Waals surface area (Å²) in [5.41, 5.74) is 0. The molecule has 1 rings (SSSR count). The van der Waals surface area contributed by atoms with Gasteiger partial charge in [0, 0.05) is 39.1 Å². The first-order chi connectivity index (χ1) is 9.99. The van der Waals surface area contributed by atoms with Crippen molar-refractivity contribution in [1.29, 1.82) is 0 Å². The van der Waals surface area contributed by atoms with Gasteiger partial charge in [-0.3, -0.25) is 9.59 Å². The molecule has 1 heterocycles. The van der Waals surface area contributed by atoms with E-state index in [4.69, 9.17) is 0 Å². The lowest BCUT2D eigenvalue weighted by Gasteiger charge is -2.35. The highest BCUT2D eigenvalue weighted by atomic mass is 16.2. The molecule has 118 valence electrons. The molecule has 21 heavy (non-hydrogen) atoms. The van der Waals surface area contributed by atoms with Gasteiger partial charge in [0.1, 0.15) is 0 Å². The third-order valence-corrected chi connectivity index (χ3v) is 3.68. The predicted molar refractivity (Wildman–Crippen MR) is 84.8 cm³/mol. The smallest absolute Gasteiger partial charge is 0.228 e. The standard InChI is InChI=1S/C16H27N3O2/c1-5-9-18(10-6-2)16(21)14-7-8-15(20)19(13-14)12-11-17(3)4/h5-6,14H,1-2,7-13H2,3-4H3/t14-/m1/s1. The molecule has 1 saturated heterocycles. The molecule has 0 N–H and O–H groups in total. The molecule has 2 amide bonds. The zero-order valence-electron chi connectivity index (χ0n) is 13.3. The lowest BCUT2D eigenvalue weighted by atomic mass is 9.96. The maximum atomic E-state index is 12.6. The van der Waals surface area contributed by atoms with Gasteiger partial charge in [0.15, 0.2) is 0 Å². The molecule has 0 aromatic carbocycles. The fraction of sp³-hybridized carbons (Fsp3) is 0.625. The van der Waals surface area contributed by atoms with Gasteiger partial charge in [0.2, 0.25) is 11.8 Å². The fourth-order valence-corrected chi connectivity index (χ4v) is 2.48. The number of likely N-dealkylation sites (N-methyl/N-ethyl adjacent to an activating group) is 1. The van der Waals surface area contributed by atoms with Crippen LogP contribution in [0.25, 0.3) is 0 Å². The largest absolute Gasteiger partial charge is 0.341 e. The van der Waals surface area contributed by atoms with Crippen LogP contribution in [0.15, 0.2) is 25.3 Å². The Kier molecular flexibility index (Phi) is 7.15. The number of likely N-dealkylation sites (tertiary alicyclic amines) is 1. The van der Waals surface area contributed by atoms with Crippen LogP contribution in [-0.4, -0.2) is 73.3 Å². The van der Waals surface area contributed by atoms with Crippen molar-refractivity contribution in [2.75, 3.05) is 46.8 Å². The van der Waals surface area contributed by atoms with Crippen LogP contribution in [0.2, 0.25) is 0 Å². The summed E-state index contributed by atoms with van der Waals surface area (Å²) in [6.45, 7) is 10.4. The summed E-state index contributed by atoms with van der Waals surface area (Å²) in [6.07, 6.45) is 4.54. The second-order valence-corrected chi connectivity index (χ2v) is 5.70. The summed E-state index contributed by atoms with van der Waals surface area (Å²) in [4.78, 5) is 30.1. The van der Waals surface area contributed by atoms with Gasteiger partial charge >= 0.3 is 0 Å². The van der Waals surface area contributed by atoms with E-state index >= 15 is 0 Å². The van der Waals surface area contributed by atoms with E-state index in [0.29, 0.717) is 39.0 Å². The maximum Gasteiger partial charge on any atom is 0.228 e. The predicted octanol–water partition coefficient (Wildman–Crippen LogP) is 0.987. The normalized spacial score (nSPS) is 18.7. The van der Waals surface area contributed by atoms with Gasteiger partial charge in [-0.15, -0.1) is 13.2 Å². The monoisotopic (exact) mass is 293 g/mol. The molecule has 0 radical (unpaired) electrons. The van der Waals surface area contributed by atoms with E-state index in [1.54, 1.807) is 17.1 Å². The molecule has 0 bridgehead atoms. The van der Waals surface area contributed by atoms with Crippen LogP contribution in [0.4, 0.5) is 0 Å². The topological polar surface area (TPSA) is 43.9 Å². The lowest BCUT2D eigenvalue weighted by Crippen LogP contribution is -2.48. The number of carbonyl (C=O) groups excluding carboxylic acids is 2. The number of hydrogen-bond donors (Lipinski definition) is 0. The van der Waals surface area contributed by atoms with Crippen molar-refractivity contribution >= 4 is 11.8 Å². The molecule has 1 fully saturated rings. The Morgan fingerprint density at radius 2 is 1.95 bits per heavy atom. The van der Waals surface area contributed by atoms with Gasteiger partial charge in [-0.25, -0.2) is 0 Å². The summed E-state index contributed by atoms with van der Waals surface area (Å²) >= 11 is 0. The van der Waals surface area contributed by atoms with Crippen molar-refractivity contribution in [3.63, 3.8) is 0 Å². The van der Waals surface area contributed by atoms with E-state index < -0.39 is 0 Å². The number of nitrogens with zero attached hydrogens (tertiary/aromatic N) is 3. The zero-order valence-corrected chi connectivity index (χ0v) is 13.3. The second-order valence-electron chi connectivity index (χ2n) is 5.70. The number of piperidine rings is 1. The Bertz CT molecular complexity index is 383. The number of hydrogen-bond acceptors (Lipinski definition) is 3. The third-order valence-electron chi connectivity index (χ3n) is 3.68. The molecule has 1 aliphatic heterocycles. The highest BCUT2D eigenvalue weighted by Crippen LogP contribution is 2.20. The summed E-state index contributed by atoms with van der Waals surface area (Å²) in [7, 11) is 3.96. The Morgan fingerprint density at radius 1 is 1.33 bits per heavy atom. The zero-order chi connectivity index (χ0) is 15.8. The first kappa shape index (κ1) is 17.4. The molecule has 0 spiro atoms. The molecule has 0 unspecified atom stereocenters. The van der Waals surface area contributed by atoms with Crippen LogP contribution in [-0.2, 0) is 9.59 Å². The molecular weight excluding hydrogens is 266 g/mol. The number of rotatable bonds is 8. The molecule has 0 saturated carbocycles. The Balaban J connectivity index is 2.65. The lowest BCUT2D eigenvalue weighted by molar-refractivity contribution is -0.142. The summed E-state index contributed by atoms with van der Waals surface area (Å²) in [5, 5.41) is 0. The molecule has 5 nitrogen and oxygen atoms in total. The first-order valence-electron chi connectivity index (χ1n) is 7.42. The highest BCUT2D eigenvalue weighted by Gasteiger charge is 2.31. The van der Waals surface area contributed by atoms with Crippen LogP contribution < -0.4 is 0 Å². The number of amides is 2. The van der Waals surface area contributed by atoms with Gasteiger partial charge in [0.25, 0.3) is 0 Å². The minimum atomic E-state index is -0.107. The van der Waals surface area contributed by atoms with Crippen LogP contribution >= 0.6 is 0 Å². The van der Waals surface area contributed by atoms with Crippen LogP contribution in [0.5, 0.6) is 0 Å². The van der Waals surface area contributed by atoms with Crippen LogP contribution in [0.3, 0.4) is 0 Å². The molecular formula is C16H27N3O2. The first-order valence-corrected chi connectivity index (χ1v) is 7.42. The van der Waals surface area contributed by atoms with Gasteiger partial charge in [-0.1, -0.05) is 12.2 Å². The van der Waals surface area contributed by atoms with Gasteiger partial charge in [-0.05, 0) is 20.5 Å². The average Bonchev–Trinajstić information content (AvgIpc) is 2.45. The van der Waals surface area contributed by atoms with Gasteiger partial charge < -0.3 is 14.7 Å². The molecule has 0 aromatic heterocycles. The van der Waals surface area contributed by atoms with Crippen LogP contribution in [0, 0.1) is 5.92 Å². The van der Waals surface area contributed by atoms with E-state index in [0.717, 1.165) is 6.54 Å². The van der Waals surface area contributed by atoms with Crippen molar-refractivity contribution in [3.8, 4) is 0 Å². The second kappa shape index (κ2) is 8.62. The van der Waals surface area contributed by atoms with E-state index in [1.165, 1.54) is 0 Å². The minimum Gasteiger partial charge on any atom is -0.341 e. The Morgan fingerprint density at radius 3 is 2.48 bits per heavy atom. The van der Waals surface area contributed by atoms with Crippen molar-refractivity contribution in [2.24, 2.45) is 5.92 Å². The van der Waals surface area contributed by atoms with E-state index in [-0.39, 0.29) is 17.7 Å². The molecule has 0 aromatic rings. The quantitative estimate of drug-likeness (QED) is 0.627. The molecule has 0 aliphatic carbocycles. The molecule has 5 heteroatoms. The summed E-state index contributed by atoms with van der Waals surface area (Å²) in [6, 6.07) is 0. The van der Waals surface area contributed by atoms with E-state index in [9.17, 15) is 9.59 Å². The highest BCUT2D eigenvalue weighted by molar-refractivity contribution is 5.84. The fourth-order valence-electron chi connectivity index (χ4n) is 2.48. The Labute approximate surface area is 127 Å². The van der Waals surface area contributed by atoms with E-state index in [2.05, 4.69) is 13.2 Å².